The molecule has 12 heteroatoms. The van der Waals surface area contributed by atoms with E-state index >= 15 is 0 Å². The van der Waals surface area contributed by atoms with E-state index in [1.807, 2.05) is 32.9 Å². The molecule has 294 valence electrons. The van der Waals surface area contributed by atoms with Crippen LogP contribution in [0.25, 0.3) is 0 Å². The molecule has 52 heavy (non-hydrogen) atoms. The summed E-state index contributed by atoms with van der Waals surface area (Å²) in [6.45, 7) is 9.32. The maximum Gasteiger partial charge on any atom is 0.329 e. The van der Waals surface area contributed by atoms with E-state index in [4.69, 9.17) is 18.9 Å². The average molecular weight is 734 g/mol. The minimum Gasteiger partial charge on any atom is -0.456 e. The van der Waals surface area contributed by atoms with Crippen molar-refractivity contribution in [2.75, 3.05) is 20.8 Å². The number of methoxy groups -OCH3 is 2. The largest absolute Gasteiger partial charge is 0.456 e. The average Bonchev–Trinajstić information content (AvgIpc) is 3.12. The lowest BCUT2D eigenvalue weighted by Gasteiger charge is -2.47. The Morgan fingerprint density at radius 3 is 2.25 bits per heavy atom. The zero-order valence-electron chi connectivity index (χ0n) is 32.3. The van der Waals surface area contributed by atoms with Crippen molar-refractivity contribution < 1.29 is 53.4 Å². The number of allylic oxidation sites excluding steroid dienone is 3. The second-order valence-electron chi connectivity index (χ2n) is 16.1. The summed E-state index contributed by atoms with van der Waals surface area (Å²) in [6.07, 6.45) is 5.22. The Balaban J connectivity index is 1.72. The summed E-state index contributed by atoms with van der Waals surface area (Å²) >= 11 is 0. The van der Waals surface area contributed by atoms with Crippen LogP contribution in [0.15, 0.2) is 23.3 Å². The monoisotopic (exact) mass is 733 g/mol. The second kappa shape index (κ2) is 18.7. The number of cyclic esters (lactones) is 1. The van der Waals surface area contributed by atoms with Crippen LogP contribution in [0, 0.1) is 23.7 Å². The van der Waals surface area contributed by atoms with Crippen LogP contribution in [0.5, 0.6) is 0 Å². The van der Waals surface area contributed by atoms with Gasteiger partial charge in [0.25, 0.3) is 11.7 Å². The van der Waals surface area contributed by atoms with Crippen molar-refractivity contribution in [3.8, 4) is 0 Å². The number of rotatable bonds is 4. The molecule has 0 aromatic heterocycles. The summed E-state index contributed by atoms with van der Waals surface area (Å²) in [7, 11) is 3.06. The van der Waals surface area contributed by atoms with Crippen LogP contribution in [0.1, 0.15) is 112 Å². The molecule has 10 atom stereocenters. The van der Waals surface area contributed by atoms with E-state index in [1.54, 1.807) is 13.8 Å². The van der Waals surface area contributed by atoms with Crippen LogP contribution in [0.2, 0.25) is 0 Å². The molecular formula is C40H63NO11. The highest BCUT2D eigenvalue weighted by Crippen LogP contribution is 2.39. The summed E-state index contributed by atoms with van der Waals surface area (Å²) in [5.74, 6) is -6.79. The molecule has 12 nitrogen and oxygen atoms in total. The van der Waals surface area contributed by atoms with Crippen LogP contribution in [-0.2, 0) is 38.1 Å². The van der Waals surface area contributed by atoms with E-state index in [0.717, 1.165) is 18.4 Å². The number of carbonyl (C=O) groups excluding carboxylic acids is 4. The van der Waals surface area contributed by atoms with Crippen LogP contribution in [0.3, 0.4) is 0 Å². The Bertz CT molecular complexity index is 1320. The van der Waals surface area contributed by atoms with Crippen LogP contribution in [0.4, 0.5) is 0 Å². The highest BCUT2D eigenvalue weighted by atomic mass is 16.7. The van der Waals surface area contributed by atoms with E-state index in [1.165, 1.54) is 19.1 Å². The summed E-state index contributed by atoms with van der Waals surface area (Å²) < 4.78 is 24.0. The molecule has 1 saturated carbocycles. The Morgan fingerprint density at radius 1 is 0.942 bits per heavy atom. The number of ketones is 2. The van der Waals surface area contributed by atoms with Gasteiger partial charge in [0, 0.05) is 45.4 Å². The molecule has 3 aliphatic heterocycles. The SMILES string of the molecule is COC1CC(C)C/C(C)=C/CC(=O)CC(O)C(C)C(C(C)=CC2CCC(O)CC2)OC(=O)C2CCCCN2C(=O)C(=O)C2(O)OC1C(OC)CC2C. The molecule has 4 aliphatic rings. The molecule has 4 rings (SSSR count). The first-order chi connectivity index (χ1) is 24.6. The lowest BCUT2D eigenvalue weighted by Crippen LogP contribution is -2.64. The fourth-order valence-corrected chi connectivity index (χ4v) is 8.59. The number of esters is 1. The third-order valence-corrected chi connectivity index (χ3v) is 11.9. The van der Waals surface area contributed by atoms with E-state index in [2.05, 4.69) is 0 Å². The highest BCUT2D eigenvalue weighted by molar-refractivity contribution is 6.39. The van der Waals surface area contributed by atoms with Gasteiger partial charge in [-0.25, -0.2) is 4.79 Å². The fraction of sp³-hybridized carbons (Fsp3) is 0.800. The van der Waals surface area contributed by atoms with Gasteiger partial charge in [-0.05, 0) is 95.5 Å². The number of fused-ring (bicyclic) bond motifs is 3. The predicted octanol–water partition coefficient (Wildman–Crippen LogP) is 4.21. The minimum atomic E-state index is -2.48. The first kappa shape index (κ1) is 42.3. The van der Waals surface area contributed by atoms with Gasteiger partial charge in [0.2, 0.25) is 5.79 Å². The number of amides is 1. The van der Waals surface area contributed by atoms with Crippen molar-refractivity contribution in [1.29, 1.82) is 0 Å². The maximum absolute atomic E-state index is 14.1. The third kappa shape index (κ3) is 10.2. The molecule has 2 bridgehead atoms. The highest BCUT2D eigenvalue weighted by Gasteiger charge is 2.56. The van der Waals surface area contributed by atoms with Crippen LogP contribution in [-0.4, -0.2) is 113 Å². The third-order valence-electron chi connectivity index (χ3n) is 11.9. The number of piperidine rings is 1. The van der Waals surface area contributed by atoms with Gasteiger partial charge >= 0.3 is 5.97 Å². The van der Waals surface area contributed by atoms with Crippen molar-refractivity contribution in [2.24, 2.45) is 23.7 Å². The quantitative estimate of drug-likeness (QED) is 0.215. The molecule has 0 spiro atoms. The van der Waals surface area contributed by atoms with Gasteiger partial charge in [-0.15, -0.1) is 0 Å². The van der Waals surface area contributed by atoms with E-state index < -0.39 is 71.8 Å². The molecule has 10 unspecified atom stereocenters. The number of Topliss-reactive ketones (excluding diaryl/α,β-unsaturated/α-hetero) is 2. The molecule has 2 saturated heterocycles. The standard InChI is InChI=1S/C40H63NO11/c1-23-11-14-30(43)22-32(44)27(5)35(25(3)20-28-12-15-29(42)16-13-28)51-39(47)31-10-8-9-17-41(31)38(46)37(45)40(48)26(4)21-34(50-7)36(52-40)33(49-6)19-24(2)18-23/h11,20,24,26-29,31-36,42,44,48H,8-10,12-19,21-22H2,1-7H3/b23-11+,25-20?. The normalized spacial score (nSPS) is 41.0. The Morgan fingerprint density at radius 2 is 1.60 bits per heavy atom. The lowest BCUT2D eigenvalue weighted by molar-refractivity contribution is -0.302. The first-order valence-electron chi connectivity index (χ1n) is 19.3. The van der Waals surface area contributed by atoms with Crippen molar-refractivity contribution >= 4 is 23.4 Å². The second-order valence-corrected chi connectivity index (χ2v) is 16.1. The number of hydrogen-bond donors (Lipinski definition) is 3. The van der Waals surface area contributed by atoms with Gasteiger partial charge in [-0.2, -0.15) is 0 Å². The van der Waals surface area contributed by atoms with Crippen LogP contribution < -0.4 is 0 Å². The van der Waals surface area contributed by atoms with Crippen LogP contribution >= 0.6 is 0 Å². The summed E-state index contributed by atoms with van der Waals surface area (Å²) in [4.78, 5) is 56.7. The molecule has 3 N–H and O–H groups in total. The number of carbonyl (C=O) groups is 4. The topological polar surface area (TPSA) is 169 Å². The van der Waals surface area contributed by atoms with Crippen molar-refractivity contribution in [2.45, 2.75) is 160 Å². The predicted molar refractivity (Wildman–Crippen MR) is 193 cm³/mol. The summed E-state index contributed by atoms with van der Waals surface area (Å²) in [5, 5.41) is 33.3. The molecule has 0 aromatic carbocycles. The van der Waals surface area contributed by atoms with Gasteiger partial charge in [0.15, 0.2) is 0 Å². The molecule has 1 amide bonds. The van der Waals surface area contributed by atoms with E-state index in [0.29, 0.717) is 44.1 Å². The Kier molecular flexibility index (Phi) is 15.2. The molecule has 0 aromatic rings. The zero-order chi connectivity index (χ0) is 38.3. The molecule has 1 aliphatic carbocycles. The van der Waals surface area contributed by atoms with E-state index in [9.17, 15) is 34.5 Å². The molecule has 3 heterocycles. The van der Waals surface area contributed by atoms with Gasteiger partial charge in [-0.1, -0.05) is 38.5 Å². The summed E-state index contributed by atoms with van der Waals surface area (Å²) in [6, 6.07) is -1.10. The first-order valence-corrected chi connectivity index (χ1v) is 19.3. The molecule has 3 fully saturated rings. The number of nitrogens with zero attached hydrogens (tertiary/aromatic N) is 1. The van der Waals surface area contributed by atoms with Gasteiger partial charge < -0.3 is 39.2 Å². The Labute approximate surface area is 309 Å². The number of aliphatic hydroxyl groups excluding tert-OH is 2. The van der Waals surface area contributed by atoms with Gasteiger partial charge in [0.1, 0.15) is 24.0 Å². The zero-order valence-corrected chi connectivity index (χ0v) is 32.3. The van der Waals surface area contributed by atoms with E-state index in [-0.39, 0.29) is 56.0 Å². The van der Waals surface area contributed by atoms with Crippen molar-refractivity contribution in [3.63, 3.8) is 0 Å². The van der Waals surface area contributed by atoms with Crippen molar-refractivity contribution in [1.82, 2.24) is 4.90 Å². The number of ether oxygens (including phenoxy) is 4. The lowest BCUT2D eigenvalue weighted by atomic mass is 9.82. The smallest absolute Gasteiger partial charge is 0.329 e. The van der Waals surface area contributed by atoms with Gasteiger partial charge in [0.05, 0.1) is 24.4 Å². The maximum atomic E-state index is 14.1. The Hall–Kier alpha value is -2.48. The molecule has 0 radical (unpaired) electrons. The molecular weight excluding hydrogens is 670 g/mol. The van der Waals surface area contributed by atoms with Gasteiger partial charge in [-0.3, -0.25) is 14.4 Å². The summed E-state index contributed by atoms with van der Waals surface area (Å²) in [5.41, 5.74) is 1.70. The fourth-order valence-electron chi connectivity index (χ4n) is 8.59. The number of hydrogen-bond acceptors (Lipinski definition) is 11. The number of aliphatic hydroxyl groups is 3. The minimum absolute atomic E-state index is 0.0575. The van der Waals surface area contributed by atoms with Crippen molar-refractivity contribution in [3.05, 3.63) is 23.3 Å².